The second-order valence-corrected chi connectivity index (χ2v) is 6.73. The number of rotatable bonds is 6. The predicted molar refractivity (Wildman–Crippen MR) is 103 cm³/mol. The Labute approximate surface area is 171 Å². The molecule has 0 radical (unpaired) electrons. The van der Waals surface area contributed by atoms with Gasteiger partial charge in [0.15, 0.2) is 0 Å². The van der Waals surface area contributed by atoms with Gasteiger partial charge in [0.1, 0.15) is 5.75 Å². The van der Waals surface area contributed by atoms with E-state index in [4.69, 9.17) is 4.74 Å². The molecule has 1 aliphatic heterocycles. The summed E-state index contributed by atoms with van der Waals surface area (Å²) in [5.41, 5.74) is -2.90. The van der Waals surface area contributed by atoms with E-state index in [1.165, 1.54) is 31.4 Å². The van der Waals surface area contributed by atoms with Gasteiger partial charge in [-0.25, -0.2) is 9.79 Å². The molecule has 2 amide bonds. The fraction of sp³-hybridized carbons (Fsp3) is 0.286. The van der Waals surface area contributed by atoms with Gasteiger partial charge in [-0.1, -0.05) is 25.1 Å². The zero-order valence-electron chi connectivity index (χ0n) is 16.4. The fourth-order valence-electron chi connectivity index (χ4n) is 3.20. The van der Waals surface area contributed by atoms with Gasteiger partial charge in [0, 0.05) is 5.56 Å². The average Bonchev–Trinajstić information content (AvgIpc) is 3.02. The van der Waals surface area contributed by atoms with E-state index in [-0.39, 0.29) is 17.9 Å². The van der Waals surface area contributed by atoms with Crippen LogP contribution in [0.1, 0.15) is 29.3 Å². The lowest BCUT2D eigenvalue weighted by molar-refractivity contribution is -0.580. The van der Waals surface area contributed by atoms with E-state index in [9.17, 15) is 22.8 Å². The monoisotopic (exact) mass is 420 g/mol. The highest BCUT2D eigenvalue weighted by atomic mass is 19.4. The van der Waals surface area contributed by atoms with Crippen molar-refractivity contribution in [3.05, 3.63) is 65.7 Å². The van der Waals surface area contributed by atoms with E-state index in [0.717, 1.165) is 4.90 Å². The molecule has 1 atom stereocenters. The first kappa shape index (κ1) is 21.4. The maximum atomic E-state index is 14.2. The van der Waals surface area contributed by atoms with Gasteiger partial charge in [0.05, 0.1) is 19.2 Å². The van der Waals surface area contributed by atoms with Crippen molar-refractivity contribution >= 4 is 17.6 Å². The Kier molecular flexibility index (Phi) is 5.82. The van der Waals surface area contributed by atoms with E-state index in [1.54, 1.807) is 37.3 Å². The van der Waals surface area contributed by atoms with Crippen molar-refractivity contribution in [2.45, 2.75) is 25.2 Å². The minimum atomic E-state index is -5.09. The van der Waals surface area contributed by atoms with Crippen LogP contribution in [0, 0.1) is 0 Å². The molecule has 0 spiro atoms. The standard InChI is InChI=1S/C21H20F3N3O3/c1-3-13-27-17(14-7-5-4-6-8-14)25-20(19(27)29,21(22,23)24)26-18(28)15-9-11-16(30-2)12-10-15/h4-12H,3,13H2,1-2H3,(H,26,28)/p+1/t20-/m0/s1. The summed E-state index contributed by atoms with van der Waals surface area (Å²) in [5.74, 6) is -1.88. The molecule has 2 aromatic carbocycles. The van der Waals surface area contributed by atoms with Crippen LogP contribution in [0.15, 0.2) is 54.6 Å². The molecular formula is C21H21F3N3O3+. The van der Waals surface area contributed by atoms with Crippen LogP contribution in [0.2, 0.25) is 0 Å². The Morgan fingerprint density at radius 1 is 1.13 bits per heavy atom. The summed E-state index contributed by atoms with van der Waals surface area (Å²) in [5, 5.41) is 1.90. The van der Waals surface area contributed by atoms with Crippen molar-refractivity contribution in [2.75, 3.05) is 13.7 Å². The molecular weight excluding hydrogens is 399 g/mol. The van der Waals surface area contributed by atoms with Gasteiger partial charge < -0.3 is 4.74 Å². The topological polar surface area (TPSA) is 72.6 Å². The number of benzene rings is 2. The zero-order chi connectivity index (χ0) is 21.9. The van der Waals surface area contributed by atoms with Crippen molar-refractivity contribution in [1.82, 2.24) is 10.2 Å². The lowest BCUT2D eigenvalue weighted by atomic mass is 10.1. The third kappa shape index (κ3) is 3.74. The second-order valence-electron chi connectivity index (χ2n) is 6.73. The minimum Gasteiger partial charge on any atom is -0.497 e. The number of alkyl halides is 3. The highest BCUT2D eigenvalue weighted by Gasteiger charge is 2.72. The fourth-order valence-corrected chi connectivity index (χ4v) is 3.20. The van der Waals surface area contributed by atoms with Crippen molar-refractivity contribution in [2.24, 2.45) is 0 Å². The summed E-state index contributed by atoms with van der Waals surface area (Å²) in [6.45, 7) is 1.81. The number of carbonyl (C=O) groups is 2. The normalized spacial score (nSPS) is 18.9. The molecule has 0 fully saturated rings. The second kappa shape index (κ2) is 8.17. The Morgan fingerprint density at radius 3 is 2.30 bits per heavy atom. The van der Waals surface area contributed by atoms with Crippen molar-refractivity contribution < 1.29 is 32.5 Å². The van der Waals surface area contributed by atoms with Crippen LogP contribution in [0.3, 0.4) is 0 Å². The van der Waals surface area contributed by atoms with Crippen LogP contribution in [0.25, 0.3) is 0 Å². The SMILES string of the molecule is CCCN1C(=O)[C@](NC(=O)c2ccc(OC)cc2)(C(F)(F)F)[NH+]=C1c1ccccc1. The van der Waals surface area contributed by atoms with E-state index in [0.29, 0.717) is 17.7 Å². The molecule has 0 bridgehead atoms. The molecule has 2 aromatic rings. The summed E-state index contributed by atoms with van der Waals surface area (Å²) in [6, 6.07) is 13.8. The molecule has 6 nitrogen and oxygen atoms in total. The molecule has 30 heavy (non-hydrogen) atoms. The molecule has 9 heteroatoms. The smallest absolute Gasteiger partial charge is 0.465 e. The number of methoxy groups -OCH3 is 1. The van der Waals surface area contributed by atoms with Crippen molar-refractivity contribution in [3.63, 3.8) is 0 Å². The number of nitrogens with zero attached hydrogens (tertiary/aromatic N) is 1. The Hall–Kier alpha value is -3.36. The van der Waals surface area contributed by atoms with Gasteiger partial charge in [-0.05, 0) is 42.8 Å². The summed E-state index contributed by atoms with van der Waals surface area (Å²) in [7, 11) is 1.43. The van der Waals surface area contributed by atoms with Gasteiger partial charge in [-0.15, -0.1) is 0 Å². The number of amides is 2. The summed E-state index contributed by atoms with van der Waals surface area (Å²) in [6.07, 6.45) is -4.65. The number of hydrogen-bond acceptors (Lipinski definition) is 3. The Bertz CT molecular complexity index is 959. The van der Waals surface area contributed by atoms with Crippen LogP contribution >= 0.6 is 0 Å². The molecule has 2 N–H and O–H groups in total. The van der Waals surface area contributed by atoms with Crippen LogP contribution in [-0.4, -0.2) is 48.0 Å². The average molecular weight is 420 g/mol. The van der Waals surface area contributed by atoms with Gasteiger partial charge >= 0.3 is 17.7 Å². The van der Waals surface area contributed by atoms with E-state index in [1.807, 2.05) is 5.32 Å². The van der Waals surface area contributed by atoms with Crippen molar-refractivity contribution in [1.29, 1.82) is 0 Å². The quantitative estimate of drug-likeness (QED) is 0.744. The first-order chi connectivity index (χ1) is 14.2. The van der Waals surface area contributed by atoms with E-state index >= 15 is 0 Å². The molecule has 0 saturated carbocycles. The molecule has 1 heterocycles. The maximum absolute atomic E-state index is 14.2. The molecule has 0 saturated heterocycles. The highest BCUT2D eigenvalue weighted by molar-refractivity contribution is 6.11. The van der Waals surface area contributed by atoms with E-state index in [2.05, 4.69) is 4.99 Å². The third-order valence-electron chi connectivity index (χ3n) is 4.71. The van der Waals surface area contributed by atoms with Crippen molar-refractivity contribution in [3.8, 4) is 5.75 Å². The number of halogens is 3. The highest BCUT2D eigenvalue weighted by Crippen LogP contribution is 2.30. The summed E-state index contributed by atoms with van der Waals surface area (Å²) in [4.78, 5) is 28.9. The summed E-state index contributed by atoms with van der Waals surface area (Å²) >= 11 is 0. The number of carbonyl (C=O) groups excluding carboxylic acids is 2. The van der Waals surface area contributed by atoms with Crippen LogP contribution in [-0.2, 0) is 4.79 Å². The number of amidine groups is 1. The molecule has 158 valence electrons. The third-order valence-corrected chi connectivity index (χ3v) is 4.71. The van der Waals surface area contributed by atoms with Gasteiger partial charge in [0.25, 0.3) is 11.7 Å². The molecule has 3 rings (SSSR count). The first-order valence-corrected chi connectivity index (χ1v) is 9.29. The molecule has 0 aromatic heterocycles. The first-order valence-electron chi connectivity index (χ1n) is 9.29. The number of nitrogens with one attached hydrogen (secondary N) is 2. The molecule has 0 aliphatic carbocycles. The number of ether oxygens (including phenoxy) is 1. The van der Waals surface area contributed by atoms with Crippen LogP contribution < -0.4 is 15.0 Å². The largest absolute Gasteiger partial charge is 0.497 e. The number of hydrogen-bond donors (Lipinski definition) is 2. The maximum Gasteiger partial charge on any atom is 0.465 e. The van der Waals surface area contributed by atoms with Crippen LogP contribution in [0.5, 0.6) is 5.75 Å². The van der Waals surface area contributed by atoms with Gasteiger partial charge in [0.2, 0.25) is 0 Å². The summed E-state index contributed by atoms with van der Waals surface area (Å²) < 4.78 is 47.6. The minimum absolute atomic E-state index is 0.00481. The lowest BCUT2D eigenvalue weighted by Gasteiger charge is -2.24. The predicted octanol–water partition coefficient (Wildman–Crippen LogP) is 1.46. The van der Waals surface area contributed by atoms with E-state index < -0.39 is 23.7 Å². The van der Waals surface area contributed by atoms with Gasteiger partial charge in [-0.2, -0.15) is 18.1 Å². The van der Waals surface area contributed by atoms with Crippen LogP contribution in [0.4, 0.5) is 13.2 Å². The lowest BCUT2D eigenvalue weighted by Crippen LogP contribution is -2.96. The Morgan fingerprint density at radius 2 is 1.77 bits per heavy atom. The van der Waals surface area contributed by atoms with Gasteiger partial charge in [-0.3, -0.25) is 10.1 Å². The Balaban J connectivity index is 2.06. The molecule has 1 aliphatic rings. The molecule has 0 unspecified atom stereocenters. The zero-order valence-corrected chi connectivity index (χ0v) is 16.4.